The Labute approximate surface area is 194 Å². The fraction of sp³-hybridized carbons (Fsp3) is 0.375. The van der Waals surface area contributed by atoms with Crippen molar-refractivity contribution in [1.82, 2.24) is 14.5 Å². The van der Waals surface area contributed by atoms with E-state index in [1.165, 1.54) is 23.1 Å². The fourth-order valence-corrected chi connectivity index (χ4v) is 5.31. The van der Waals surface area contributed by atoms with Crippen molar-refractivity contribution in [2.75, 3.05) is 6.54 Å². The number of rotatable bonds is 8. The van der Waals surface area contributed by atoms with Gasteiger partial charge in [-0.25, -0.2) is 12.7 Å². The molecular weight excluding hydrogens is 442 g/mol. The van der Waals surface area contributed by atoms with E-state index in [9.17, 15) is 22.8 Å². The summed E-state index contributed by atoms with van der Waals surface area (Å²) in [5.74, 6) is -1.69. The van der Waals surface area contributed by atoms with E-state index in [1.807, 2.05) is 45.0 Å². The van der Waals surface area contributed by atoms with Gasteiger partial charge in [-0.3, -0.25) is 14.4 Å². The first kappa shape index (κ1) is 24.4. The molecule has 1 N–H and O–H groups in total. The van der Waals surface area contributed by atoms with E-state index in [0.717, 1.165) is 11.1 Å². The van der Waals surface area contributed by atoms with Crippen molar-refractivity contribution in [3.05, 3.63) is 65.2 Å². The quantitative estimate of drug-likeness (QED) is 0.637. The average molecular weight is 472 g/mol. The summed E-state index contributed by atoms with van der Waals surface area (Å²) in [7, 11) is -4.14. The summed E-state index contributed by atoms with van der Waals surface area (Å²) >= 11 is 0. The third-order valence-electron chi connectivity index (χ3n) is 5.48. The molecule has 0 bridgehead atoms. The summed E-state index contributed by atoms with van der Waals surface area (Å²) in [6, 6.07) is 12.5. The molecule has 8 nitrogen and oxygen atoms in total. The van der Waals surface area contributed by atoms with Crippen molar-refractivity contribution in [2.45, 2.75) is 57.6 Å². The molecule has 1 atom stereocenters. The van der Waals surface area contributed by atoms with Gasteiger partial charge in [0.2, 0.25) is 11.8 Å². The zero-order valence-corrected chi connectivity index (χ0v) is 20.1. The Kier molecular flexibility index (Phi) is 7.22. The lowest BCUT2D eigenvalue weighted by Gasteiger charge is -2.32. The molecule has 1 aliphatic heterocycles. The normalized spacial score (nSPS) is 15.3. The number of carbonyl (C=O) groups is 3. The monoisotopic (exact) mass is 471 g/mol. The molecule has 2 aromatic rings. The van der Waals surface area contributed by atoms with Crippen LogP contribution in [0.5, 0.6) is 0 Å². The Morgan fingerprint density at radius 2 is 1.70 bits per heavy atom. The second-order valence-electron chi connectivity index (χ2n) is 8.41. The van der Waals surface area contributed by atoms with E-state index < -0.39 is 34.4 Å². The molecule has 0 fully saturated rings. The van der Waals surface area contributed by atoms with Crippen LogP contribution in [-0.2, 0) is 26.2 Å². The Morgan fingerprint density at radius 3 is 2.27 bits per heavy atom. The molecule has 9 heteroatoms. The zero-order valence-electron chi connectivity index (χ0n) is 19.2. The number of fused-ring (bicyclic) bond motifs is 1. The molecule has 33 heavy (non-hydrogen) atoms. The molecule has 1 heterocycles. The average Bonchev–Trinajstić information content (AvgIpc) is 2.95. The first-order chi connectivity index (χ1) is 15.6. The van der Waals surface area contributed by atoms with Gasteiger partial charge in [-0.2, -0.15) is 0 Å². The first-order valence-corrected chi connectivity index (χ1v) is 12.3. The van der Waals surface area contributed by atoms with Crippen molar-refractivity contribution in [3.63, 3.8) is 0 Å². The molecule has 0 spiro atoms. The molecule has 0 saturated carbocycles. The van der Waals surface area contributed by atoms with Crippen LogP contribution in [0.25, 0.3) is 0 Å². The third-order valence-corrected chi connectivity index (χ3v) is 7.27. The van der Waals surface area contributed by atoms with Crippen LogP contribution in [0.4, 0.5) is 0 Å². The summed E-state index contributed by atoms with van der Waals surface area (Å²) in [4.78, 5) is 40.3. The molecule has 1 unspecified atom stereocenters. The highest BCUT2D eigenvalue weighted by atomic mass is 32.2. The molecule has 1 aliphatic rings. The highest BCUT2D eigenvalue weighted by molar-refractivity contribution is 7.90. The topological polar surface area (TPSA) is 104 Å². The van der Waals surface area contributed by atoms with Gasteiger partial charge < -0.3 is 10.2 Å². The fourth-order valence-electron chi connectivity index (χ4n) is 3.79. The van der Waals surface area contributed by atoms with Gasteiger partial charge in [0.25, 0.3) is 15.9 Å². The maximum absolute atomic E-state index is 13.4. The van der Waals surface area contributed by atoms with Crippen LogP contribution in [0.1, 0.15) is 48.7 Å². The molecule has 3 amide bonds. The maximum atomic E-state index is 13.4. The minimum atomic E-state index is -4.14. The molecule has 2 aromatic carbocycles. The number of carbonyl (C=O) groups excluding carboxylic acids is 3. The first-order valence-electron chi connectivity index (χ1n) is 10.9. The molecule has 3 rings (SSSR count). The van der Waals surface area contributed by atoms with Gasteiger partial charge >= 0.3 is 0 Å². The number of aryl methyl sites for hydroxylation is 1. The van der Waals surface area contributed by atoms with Crippen LogP contribution in [0, 0.1) is 6.92 Å². The lowest BCUT2D eigenvalue weighted by molar-refractivity contribution is -0.141. The largest absolute Gasteiger partial charge is 0.352 e. The Bertz CT molecular complexity index is 1160. The van der Waals surface area contributed by atoms with E-state index in [2.05, 4.69) is 5.32 Å². The number of nitrogens with one attached hydrogen (secondary N) is 1. The Balaban J connectivity index is 1.92. The standard InChI is InChI=1S/C24H29N3O5S/c1-5-20(23(29)25-16(2)3)26(14-18-12-10-17(4)11-13-18)22(28)15-27-24(30)19-8-6-7-9-21(19)33(27,31)32/h6-13,16,20H,5,14-15H2,1-4H3,(H,25,29). The van der Waals surface area contributed by atoms with Crippen LogP contribution in [-0.4, -0.2) is 54.0 Å². The van der Waals surface area contributed by atoms with Gasteiger partial charge in [-0.05, 0) is 44.9 Å². The van der Waals surface area contributed by atoms with Crippen LogP contribution >= 0.6 is 0 Å². The predicted octanol–water partition coefficient (Wildman–Crippen LogP) is 2.47. The molecule has 176 valence electrons. The van der Waals surface area contributed by atoms with E-state index in [-0.39, 0.29) is 29.0 Å². The van der Waals surface area contributed by atoms with Gasteiger partial charge in [-0.1, -0.05) is 48.9 Å². The lowest BCUT2D eigenvalue weighted by atomic mass is 10.1. The summed E-state index contributed by atoms with van der Waals surface area (Å²) < 4.78 is 26.4. The maximum Gasteiger partial charge on any atom is 0.269 e. The highest BCUT2D eigenvalue weighted by Gasteiger charge is 2.43. The number of amides is 3. The minimum absolute atomic E-state index is 0.0416. The van der Waals surface area contributed by atoms with E-state index in [1.54, 1.807) is 13.0 Å². The predicted molar refractivity (Wildman–Crippen MR) is 124 cm³/mol. The molecule has 0 saturated heterocycles. The second-order valence-corrected chi connectivity index (χ2v) is 10.2. The number of hydrogen-bond acceptors (Lipinski definition) is 5. The summed E-state index contributed by atoms with van der Waals surface area (Å²) in [5.41, 5.74) is 1.89. The molecule has 0 aliphatic carbocycles. The van der Waals surface area contributed by atoms with Crippen molar-refractivity contribution in [3.8, 4) is 0 Å². The van der Waals surface area contributed by atoms with Crippen LogP contribution in [0.15, 0.2) is 53.4 Å². The molecule has 0 radical (unpaired) electrons. The van der Waals surface area contributed by atoms with Crippen molar-refractivity contribution < 1.29 is 22.8 Å². The summed E-state index contributed by atoms with van der Waals surface area (Å²) in [5, 5.41) is 2.83. The van der Waals surface area contributed by atoms with Crippen LogP contribution in [0.3, 0.4) is 0 Å². The number of sulfonamides is 1. The second kappa shape index (κ2) is 9.74. The van der Waals surface area contributed by atoms with E-state index in [0.29, 0.717) is 10.7 Å². The Hall–Kier alpha value is -3.20. The summed E-state index contributed by atoms with van der Waals surface area (Å²) in [6.45, 7) is 6.81. The lowest BCUT2D eigenvalue weighted by Crippen LogP contribution is -2.53. The van der Waals surface area contributed by atoms with Gasteiger partial charge in [0.1, 0.15) is 17.5 Å². The van der Waals surface area contributed by atoms with Gasteiger partial charge in [0.05, 0.1) is 5.56 Å². The Morgan fingerprint density at radius 1 is 1.06 bits per heavy atom. The van der Waals surface area contributed by atoms with Crippen LogP contribution < -0.4 is 5.32 Å². The zero-order chi connectivity index (χ0) is 24.3. The van der Waals surface area contributed by atoms with Gasteiger partial charge in [0.15, 0.2) is 0 Å². The minimum Gasteiger partial charge on any atom is -0.352 e. The van der Waals surface area contributed by atoms with Crippen LogP contribution in [0.2, 0.25) is 0 Å². The van der Waals surface area contributed by atoms with Crippen molar-refractivity contribution in [1.29, 1.82) is 0 Å². The van der Waals surface area contributed by atoms with E-state index in [4.69, 9.17) is 0 Å². The summed E-state index contributed by atoms with van der Waals surface area (Å²) in [6.07, 6.45) is 0.330. The smallest absolute Gasteiger partial charge is 0.269 e. The van der Waals surface area contributed by atoms with Gasteiger partial charge in [0, 0.05) is 12.6 Å². The SMILES string of the molecule is CCC(C(=O)NC(C)C)N(Cc1ccc(C)cc1)C(=O)CN1C(=O)c2ccccc2S1(=O)=O. The van der Waals surface area contributed by atoms with E-state index >= 15 is 0 Å². The molecular formula is C24H29N3O5S. The number of benzene rings is 2. The molecule has 0 aromatic heterocycles. The highest BCUT2D eigenvalue weighted by Crippen LogP contribution is 2.30. The number of hydrogen-bond donors (Lipinski definition) is 1. The third kappa shape index (κ3) is 5.08. The van der Waals surface area contributed by atoms with Gasteiger partial charge in [-0.15, -0.1) is 0 Å². The number of nitrogens with zero attached hydrogens (tertiary/aromatic N) is 2. The van der Waals surface area contributed by atoms with Crippen molar-refractivity contribution in [2.24, 2.45) is 0 Å². The van der Waals surface area contributed by atoms with Crippen molar-refractivity contribution >= 4 is 27.7 Å².